The van der Waals surface area contributed by atoms with Crippen LogP contribution in [-0.4, -0.2) is 18.2 Å². The lowest BCUT2D eigenvalue weighted by atomic mass is 10.1. The zero-order chi connectivity index (χ0) is 20.3. The van der Waals surface area contributed by atoms with Gasteiger partial charge >= 0.3 is 0 Å². The molecule has 0 bridgehead atoms. The van der Waals surface area contributed by atoms with Gasteiger partial charge in [-0.15, -0.1) is 0 Å². The van der Waals surface area contributed by atoms with Gasteiger partial charge in [0, 0.05) is 5.69 Å². The Hall–Kier alpha value is -2.99. The van der Waals surface area contributed by atoms with Gasteiger partial charge in [0.1, 0.15) is 23.9 Å². The van der Waals surface area contributed by atoms with Gasteiger partial charge in [0.15, 0.2) is 5.69 Å². The van der Waals surface area contributed by atoms with Crippen LogP contribution in [0.2, 0.25) is 5.02 Å². The van der Waals surface area contributed by atoms with E-state index in [9.17, 15) is 4.79 Å². The van der Waals surface area contributed by atoms with E-state index in [1.165, 1.54) is 7.11 Å². The number of amides is 1. The molecule has 28 heavy (non-hydrogen) atoms. The molecule has 1 heterocycles. The number of benzene rings is 2. The van der Waals surface area contributed by atoms with Gasteiger partial charge in [0.2, 0.25) is 0 Å². The van der Waals surface area contributed by atoms with Gasteiger partial charge in [-0.2, -0.15) is 0 Å². The molecule has 1 N–H and O–H groups in total. The lowest BCUT2D eigenvalue weighted by Gasteiger charge is -2.10. The maximum atomic E-state index is 12.7. The fourth-order valence-corrected chi connectivity index (χ4v) is 3.04. The standard InChI is InChI=1S/C21H21ClN2O4/c1-12-5-7-18(13(2)9-12)27-11-16-14(3)28-24-20(16)21(25)23-15-6-8-19(26-4)17(22)10-15/h5-10H,11H2,1-4H3,(H,23,25). The van der Waals surface area contributed by atoms with Gasteiger partial charge < -0.3 is 19.3 Å². The van der Waals surface area contributed by atoms with Crippen LogP contribution in [0, 0.1) is 20.8 Å². The number of hydrogen-bond donors (Lipinski definition) is 1. The molecule has 0 spiro atoms. The second-order valence-electron chi connectivity index (χ2n) is 6.43. The third-order valence-corrected chi connectivity index (χ3v) is 4.61. The summed E-state index contributed by atoms with van der Waals surface area (Å²) in [6, 6.07) is 10.9. The molecular weight excluding hydrogens is 380 g/mol. The van der Waals surface area contributed by atoms with Gasteiger partial charge in [0.05, 0.1) is 17.7 Å². The first-order chi connectivity index (χ1) is 13.4. The molecule has 1 amide bonds. The topological polar surface area (TPSA) is 73.6 Å². The molecule has 3 aromatic rings. The Kier molecular flexibility index (Phi) is 5.90. The number of ether oxygens (including phenoxy) is 2. The van der Waals surface area contributed by atoms with Crippen molar-refractivity contribution in [2.75, 3.05) is 12.4 Å². The zero-order valence-electron chi connectivity index (χ0n) is 16.1. The van der Waals surface area contributed by atoms with Gasteiger partial charge in [-0.1, -0.05) is 34.5 Å². The number of aromatic nitrogens is 1. The summed E-state index contributed by atoms with van der Waals surface area (Å²) < 4.78 is 16.2. The molecule has 0 aliphatic rings. The molecule has 6 nitrogen and oxygen atoms in total. The Balaban J connectivity index is 1.76. The van der Waals surface area contributed by atoms with Crippen LogP contribution in [0.5, 0.6) is 11.5 Å². The number of methoxy groups -OCH3 is 1. The molecule has 2 aromatic carbocycles. The largest absolute Gasteiger partial charge is 0.495 e. The normalized spacial score (nSPS) is 10.6. The Bertz CT molecular complexity index is 1010. The second kappa shape index (κ2) is 8.35. The van der Waals surface area contributed by atoms with Crippen molar-refractivity contribution in [1.82, 2.24) is 5.16 Å². The highest BCUT2D eigenvalue weighted by molar-refractivity contribution is 6.32. The lowest BCUT2D eigenvalue weighted by Crippen LogP contribution is -2.15. The summed E-state index contributed by atoms with van der Waals surface area (Å²) in [5, 5.41) is 7.05. The molecule has 146 valence electrons. The Labute approximate surface area is 168 Å². The monoisotopic (exact) mass is 400 g/mol. The summed E-state index contributed by atoms with van der Waals surface area (Å²) >= 11 is 6.11. The number of nitrogens with one attached hydrogen (secondary N) is 1. The maximum Gasteiger partial charge on any atom is 0.278 e. The molecule has 0 fully saturated rings. The van der Waals surface area contributed by atoms with Crippen molar-refractivity contribution < 1.29 is 18.8 Å². The summed E-state index contributed by atoms with van der Waals surface area (Å²) in [6.07, 6.45) is 0. The Morgan fingerprint density at radius 1 is 1.14 bits per heavy atom. The number of anilines is 1. The molecule has 3 rings (SSSR count). The molecule has 0 atom stereocenters. The summed E-state index contributed by atoms with van der Waals surface area (Å²) in [7, 11) is 1.53. The van der Waals surface area contributed by atoms with E-state index in [1.807, 2.05) is 32.0 Å². The van der Waals surface area contributed by atoms with E-state index in [-0.39, 0.29) is 12.3 Å². The van der Waals surface area contributed by atoms with Crippen LogP contribution >= 0.6 is 11.6 Å². The van der Waals surface area contributed by atoms with Crippen molar-refractivity contribution in [3.05, 3.63) is 69.6 Å². The van der Waals surface area contributed by atoms with Crippen molar-refractivity contribution in [3.8, 4) is 11.5 Å². The molecule has 0 unspecified atom stereocenters. The van der Waals surface area contributed by atoms with Crippen molar-refractivity contribution in [2.24, 2.45) is 0 Å². The average molecular weight is 401 g/mol. The first-order valence-electron chi connectivity index (χ1n) is 8.69. The van der Waals surface area contributed by atoms with E-state index in [1.54, 1.807) is 25.1 Å². The second-order valence-corrected chi connectivity index (χ2v) is 6.83. The molecule has 1 aromatic heterocycles. The molecule has 7 heteroatoms. The molecular formula is C21H21ClN2O4. The number of nitrogens with zero attached hydrogens (tertiary/aromatic N) is 1. The number of halogens is 1. The maximum absolute atomic E-state index is 12.7. The first kappa shape index (κ1) is 19.8. The number of rotatable bonds is 6. The molecule has 0 aliphatic heterocycles. The summed E-state index contributed by atoms with van der Waals surface area (Å²) in [5.74, 6) is 1.40. The van der Waals surface area contributed by atoms with Crippen LogP contribution in [0.25, 0.3) is 0 Å². The fraction of sp³-hybridized carbons (Fsp3) is 0.238. The van der Waals surface area contributed by atoms with Crippen molar-refractivity contribution >= 4 is 23.2 Å². The minimum absolute atomic E-state index is 0.172. The highest BCUT2D eigenvalue weighted by atomic mass is 35.5. The van der Waals surface area contributed by atoms with Crippen LogP contribution in [0.1, 0.15) is 32.9 Å². The first-order valence-corrected chi connectivity index (χ1v) is 9.07. The van der Waals surface area contributed by atoms with Gasteiger partial charge in [-0.25, -0.2) is 0 Å². The quantitative estimate of drug-likeness (QED) is 0.623. The third kappa shape index (κ3) is 4.28. The lowest BCUT2D eigenvalue weighted by molar-refractivity contribution is 0.101. The van der Waals surface area contributed by atoms with E-state index in [0.29, 0.717) is 27.8 Å². The fourth-order valence-electron chi connectivity index (χ4n) is 2.79. The molecule has 0 radical (unpaired) electrons. The number of carbonyl (C=O) groups excluding carboxylic acids is 1. The highest BCUT2D eigenvalue weighted by Crippen LogP contribution is 2.28. The van der Waals surface area contributed by atoms with E-state index < -0.39 is 5.91 Å². The average Bonchev–Trinajstić information content (AvgIpc) is 3.02. The predicted molar refractivity (Wildman–Crippen MR) is 107 cm³/mol. The predicted octanol–water partition coefficient (Wildman–Crippen LogP) is 5.09. The number of aryl methyl sites for hydroxylation is 3. The van der Waals surface area contributed by atoms with E-state index in [0.717, 1.165) is 16.9 Å². The minimum atomic E-state index is -0.405. The Morgan fingerprint density at radius 3 is 2.57 bits per heavy atom. The summed E-state index contributed by atoms with van der Waals surface area (Å²) in [4.78, 5) is 12.7. The van der Waals surface area contributed by atoms with Gasteiger partial charge in [0.25, 0.3) is 5.91 Å². The van der Waals surface area contributed by atoms with Crippen molar-refractivity contribution in [1.29, 1.82) is 0 Å². The van der Waals surface area contributed by atoms with Crippen LogP contribution in [0.15, 0.2) is 40.9 Å². The summed E-state index contributed by atoms with van der Waals surface area (Å²) in [6.45, 7) is 5.92. The van der Waals surface area contributed by atoms with Crippen LogP contribution < -0.4 is 14.8 Å². The van der Waals surface area contributed by atoms with Gasteiger partial charge in [-0.05, 0) is 50.6 Å². The van der Waals surface area contributed by atoms with Crippen molar-refractivity contribution in [2.45, 2.75) is 27.4 Å². The number of carbonyl (C=O) groups is 1. The van der Waals surface area contributed by atoms with Crippen LogP contribution in [0.4, 0.5) is 5.69 Å². The van der Waals surface area contributed by atoms with E-state index in [2.05, 4.69) is 10.5 Å². The third-order valence-electron chi connectivity index (χ3n) is 4.31. The zero-order valence-corrected chi connectivity index (χ0v) is 16.9. The Morgan fingerprint density at radius 2 is 1.89 bits per heavy atom. The summed E-state index contributed by atoms with van der Waals surface area (Å²) in [5.41, 5.74) is 3.47. The van der Waals surface area contributed by atoms with E-state index in [4.69, 9.17) is 25.6 Å². The number of hydrogen-bond acceptors (Lipinski definition) is 5. The van der Waals surface area contributed by atoms with E-state index >= 15 is 0 Å². The smallest absolute Gasteiger partial charge is 0.278 e. The highest BCUT2D eigenvalue weighted by Gasteiger charge is 2.21. The van der Waals surface area contributed by atoms with Crippen molar-refractivity contribution in [3.63, 3.8) is 0 Å². The molecule has 0 saturated carbocycles. The molecule has 0 saturated heterocycles. The minimum Gasteiger partial charge on any atom is -0.495 e. The molecule has 0 aliphatic carbocycles. The van der Waals surface area contributed by atoms with Crippen LogP contribution in [0.3, 0.4) is 0 Å². The SMILES string of the molecule is COc1ccc(NC(=O)c2noc(C)c2COc2ccc(C)cc2C)cc1Cl. The van der Waals surface area contributed by atoms with Gasteiger partial charge in [-0.3, -0.25) is 4.79 Å². The van der Waals surface area contributed by atoms with Crippen LogP contribution in [-0.2, 0) is 6.61 Å².